The molecule has 0 bridgehead atoms. The Morgan fingerprint density at radius 2 is 2.00 bits per heavy atom. The third-order valence-corrected chi connectivity index (χ3v) is 3.56. The number of hydrogen-bond donors (Lipinski definition) is 1. The molecule has 16 heavy (non-hydrogen) atoms. The number of nitrogens with two attached hydrogens (primary N) is 1. The molecule has 1 aliphatic rings. The maximum Gasteiger partial charge on any atom is 0.00398 e. The van der Waals surface area contributed by atoms with Gasteiger partial charge in [0, 0.05) is 12.0 Å². The first-order chi connectivity index (χ1) is 7.79. The Labute approximate surface area is 97.7 Å². The van der Waals surface area contributed by atoms with E-state index in [9.17, 15) is 0 Å². The highest BCUT2D eigenvalue weighted by Crippen LogP contribution is 2.34. The second-order valence-electron chi connectivity index (χ2n) is 4.48. The standard InChI is InChI=1S/C15H19N/c1-2-15(12-16)10-8-14(9-11-15)13-6-4-3-5-7-13/h3-10H,2,11-12,16H2,1H3/t15-/m0/s1. The van der Waals surface area contributed by atoms with Gasteiger partial charge >= 0.3 is 0 Å². The zero-order valence-corrected chi connectivity index (χ0v) is 9.82. The summed E-state index contributed by atoms with van der Waals surface area (Å²) in [6.07, 6.45) is 8.98. The number of hydrogen-bond acceptors (Lipinski definition) is 1. The van der Waals surface area contributed by atoms with Gasteiger partial charge in [0.2, 0.25) is 0 Å². The second kappa shape index (κ2) is 4.67. The van der Waals surface area contributed by atoms with Crippen molar-refractivity contribution in [1.82, 2.24) is 0 Å². The van der Waals surface area contributed by atoms with E-state index in [0.29, 0.717) is 0 Å². The predicted molar refractivity (Wildman–Crippen MR) is 70.0 cm³/mol. The Morgan fingerprint density at radius 3 is 2.50 bits per heavy atom. The van der Waals surface area contributed by atoms with Gasteiger partial charge in [0.15, 0.2) is 0 Å². The third kappa shape index (κ3) is 2.10. The van der Waals surface area contributed by atoms with Crippen molar-refractivity contribution in [1.29, 1.82) is 0 Å². The fraction of sp³-hybridized carbons (Fsp3) is 0.333. The molecule has 0 spiro atoms. The van der Waals surface area contributed by atoms with Crippen LogP contribution < -0.4 is 5.73 Å². The largest absolute Gasteiger partial charge is 0.330 e. The average molecular weight is 213 g/mol. The highest BCUT2D eigenvalue weighted by atomic mass is 14.6. The van der Waals surface area contributed by atoms with Crippen LogP contribution in [0.5, 0.6) is 0 Å². The van der Waals surface area contributed by atoms with Crippen molar-refractivity contribution in [2.24, 2.45) is 11.1 Å². The van der Waals surface area contributed by atoms with Crippen molar-refractivity contribution in [3.63, 3.8) is 0 Å². The average Bonchev–Trinajstić information content (AvgIpc) is 2.40. The van der Waals surface area contributed by atoms with Crippen LogP contribution in [-0.2, 0) is 0 Å². The summed E-state index contributed by atoms with van der Waals surface area (Å²) in [6.45, 7) is 2.94. The van der Waals surface area contributed by atoms with Gasteiger partial charge in [-0.25, -0.2) is 0 Å². The Hall–Kier alpha value is -1.34. The van der Waals surface area contributed by atoms with Crippen molar-refractivity contribution in [2.75, 3.05) is 6.54 Å². The summed E-state index contributed by atoms with van der Waals surface area (Å²) in [7, 11) is 0. The van der Waals surface area contributed by atoms with E-state index in [1.807, 2.05) is 6.07 Å². The Kier molecular flexibility index (Phi) is 3.25. The summed E-state index contributed by atoms with van der Waals surface area (Å²) in [4.78, 5) is 0. The minimum atomic E-state index is 0.193. The molecule has 1 atom stereocenters. The SMILES string of the molecule is CC[C@]1(CN)C=CC(c2ccccc2)=CC1. The quantitative estimate of drug-likeness (QED) is 0.818. The molecule has 0 unspecified atom stereocenters. The van der Waals surface area contributed by atoms with E-state index >= 15 is 0 Å². The maximum absolute atomic E-state index is 5.85. The van der Waals surface area contributed by atoms with E-state index in [2.05, 4.69) is 49.4 Å². The zero-order chi connectivity index (χ0) is 11.4. The zero-order valence-electron chi connectivity index (χ0n) is 9.82. The van der Waals surface area contributed by atoms with Gasteiger partial charge in [0.05, 0.1) is 0 Å². The molecule has 2 N–H and O–H groups in total. The first-order valence-corrected chi connectivity index (χ1v) is 5.94. The van der Waals surface area contributed by atoms with Crippen molar-refractivity contribution in [2.45, 2.75) is 19.8 Å². The van der Waals surface area contributed by atoms with Crippen molar-refractivity contribution in [3.8, 4) is 0 Å². The van der Waals surface area contributed by atoms with E-state index in [4.69, 9.17) is 5.73 Å². The first kappa shape index (κ1) is 11.2. The number of rotatable bonds is 3. The van der Waals surface area contributed by atoms with E-state index in [-0.39, 0.29) is 5.41 Å². The molecule has 1 aliphatic carbocycles. The molecular formula is C15H19N. The molecule has 1 nitrogen and oxygen atoms in total. The Balaban J connectivity index is 2.20. The lowest BCUT2D eigenvalue weighted by Gasteiger charge is -2.29. The number of allylic oxidation sites excluding steroid dienone is 3. The summed E-state index contributed by atoms with van der Waals surface area (Å²) in [5.41, 5.74) is 8.65. The topological polar surface area (TPSA) is 26.0 Å². The first-order valence-electron chi connectivity index (χ1n) is 5.94. The Morgan fingerprint density at radius 1 is 1.25 bits per heavy atom. The fourth-order valence-electron chi connectivity index (χ4n) is 2.12. The van der Waals surface area contributed by atoms with Gasteiger partial charge in [0.25, 0.3) is 0 Å². The van der Waals surface area contributed by atoms with Crippen LogP contribution in [0, 0.1) is 5.41 Å². The molecule has 0 aromatic heterocycles. The Bertz CT molecular complexity index is 397. The molecule has 84 valence electrons. The maximum atomic E-state index is 5.85. The van der Waals surface area contributed by atoms with Gasteiger partial charge in [-0.3, -0.25) is 0 Å². The molecule has 0 fully saturated rings. The van der Waals surface area contributed by atoms with E-state index < -0.39 is 0 Å². The van der Waals surface area contributed by atoms with Crippen LogP contribution in [0.3, 0.4) is 0 Å². The van der Waals surface area contributed by atoms with Crippen molar-refractivity contribution in [3.05, 3.63) is 54.1 Å². The van der Waals surface area contributed by atoms with E-state index in [1.165, 1.54) is 11.1 Å². The summed E-state index contributed by atoms with van der Waals surface area (Å²) in [6, 6.07) is 10.5. The van der Waals surface area contributed by atoms with Crippen LogP contribution in [0.2, 0.25) is 0 Å². The summed E-state index contributed by atoms with van der Waals surface area (Å²) in [5, 5.41) is 0. The van der Waals surface area contributed by atoms with Gasteiger partial charge < -0.3 is 5.73 Å². The molecule has 2 rings (SSSR count). The lowest BCUT2D eigenvalue weighted by molar-refractivity contribution is 0.381. The molecule has 0 radical (unpaired) electrons. The van der Waals surface area contributed by atoms with Gasteiger partial charge in [-0.2, -0.15) is 0 Å². The lowest BCUT2D eigenvalue weighted by atomic mass is 9.77. The molecule has 0 saturated carbocycles. The fourth-order valence-corrected chi connectivity index (χ4v) is 2.12. The van der Waals surface area contributed by atoms with Crippen LogP contribution in [0.1, 0.15) is 25.3 Å². The summed E-state index contributed by atoms with van der Waals surface area (Å²) >= 11 is 0. The molecule has 0 saturated heterocycles. The van der Waals surface area contributed by atoms with Gasteiger partial charge in [-0.05, 0) is 24.0 Å². The van der Waals surface area contributed by atoms with Gasteiger partial charge in [-0.1, -0.05) is 55.5 Å². The van der Waals surface area contributed by atoms with Gasteiger partial charge in [-0.15, -0.1) is 0 Å². The van der Waals surface area contributed by atoms with Crippen LogP contribution in [0.4, 0.5) is 0 Å². The minimum absolute atomic E-state index is 0.193. The van der Waals surface area contributed by atoms with E-state index in [1.54, 1.807) is 0 Å². The highest BCUT2D eigenvalue weighted by molar-refractivity contribution is 5.75. The summed E-state index contributed by atoms with van der Waals surface area (Å²) in [5.74, 6) is 0. The van der Waals surface area contributed by atoms with Crippen LogP contribution in [-0.4, -0.2) is 6.54 Å². The van der Waals surface area contributed by atoms with Crippen molar-refractivity contribution >= 4 is 5.57 Å². The molecule has 1 heteroatoms. The van der Waals surface area contributed by atoms with Gasteiger partial charge in [0.1, 0.15) is 0 Å². The molecule has 1 aromatic rings. The monoisotopic (exact) mass is 213 g/mol. The molecule has 0 amide bonds. The third-order valence-electron chi connectivity index (χ3n) is 3.56. The van der Waals surface area contributed by atoms with Crippen LogP contribution in [0.25, 0.3) is 5.57 Å². The highest BCUT2D eigenvalue weighted by Gasteiger charge is 2.24. The minimum Gasteiger partial charge on any atom is -0.330 e. The van der Waals surface area contributed by atoms with Crippen molar-refractivity contribution < 1.29 is 0 Å². The lowest BCUT2D eigenvalue weighted by Crippen LogP contribution is -2.28. The smallest absolute Gasteiger partial charge is 0.00398 e. The normalized spacial score (nSPS) is 24.2. The summed E-state index contributed by atoms with van der Waals surface area (Å²) < 4.78 is 0. The molecule has 1 aromatic carbocycles. The predicted octanol–water partition coefficient (Wildman–Crippen LogP) is 3.39. The van der Waals surface area contributed by atoms with E-state index in [0.717, 1.165) is 19.4 Å². The molecule has 0 aliphatic heterocycles. The molecule has 0 heterocycles. The second-order valence-corrected chi connectivity index (χ2v) is 4.48. The van der Waals surface area contributed by atoms with Crippen LogP contribution >= 0.6 is 0 Å². The number of benzene rings is 1. The molecular weight excluding hydrogens is 194 g/mol. The van der Waals surface area contributed by atoms with Crippen LogP contribution in [0.15, 0.2) is 48.6 Å².